The summed E-state index contributed by atoms with van der Waals surface area (Å²) in [5.41, 5.74) is 0.757. The highest BCUT2D eigenvalue weighted by atomic mass is 19.1. The van der Waals surface area contributed by atoms with Crippen molar-refractivity contribution in [1.82, 2.24) is 4.90 Å². The lowest BCUT2D eigenvalue weighted by atomic mass is 10.1. The Morgan fingerprint density at radius 2 is 2.18 bits per heavy atom. The van der Waals surface area contributed by atoms with E-state index in [0.717, 1.165) is 0 Å². The summed E-state index contributed by atoms with van der Waals surface area (Å²) < 4.78 is 13.5. The monoisotopic (exact) mass is 234 g/mol. The Labute approximate surface area is 100 Å². The van der Waals surface area contributed by atoms with E-state index in [-0.39, 0.29) is 18.4 Å². The van der Waals surface area contributed by atoms with Crippen LogP contribution in [-0.4, -0.2) is 17.9 Å². The quantitative estimate of drug-likeness (QED) is 0.805. The van der Waals surface area contributed by atoms with Gasteiger partial charge in [-0.05, 0) is 18.2 Å². The summed E-state index contributed by atoms with van der Waals surface area (Å²) in [6, 6.07) is 6.09. The molecule has 0 heterocycles. The van der Waals surface area contributed by atoms with Gasteiger partial charge in [0.25, 0.3) is 0 Å². The first-order valence-corrected chi connectivity index (χ1v) is 5.39. The molecule has 1 aromatic rings. The van der Waals surface area contributed by atoms with Gasteiger partial charge in [-0.2, -0.15) is 5.26 Å². The molecule has 17 heavy (non-hydrogen) atoms. The number of nitriles is 1. The lowest BCUT2D eigenvalue weighted by molar-refractivity contribution is -0.133. The smallest absolute Gasteiger partial charge is 0.225 e. The predicted octanol–water partition coefficient (Wildman–Crippen LogP) is 2.31. The first-order valence-electron chi connectivity index (χ1n) is 5.39. The molecule has 0 atom stereocenters. The molecule has 1 amide bonds. The number of amides is 1. The third kappa shape index (κ3) is 3.28. The van der Waals surface area contributed by atoms with E-state index < -0.39 is 5.82 Å². The summed E-state index contributed by atoms with van der Waals surface area (Å²) in [5.74, 6) is -0.568. The Morgan fingerprint density at radius 1 is 1.53 bits per heavy atom. The van der Waals surface area contributed by atoms with E-state index in [4.69, 9.17) is 5.26 Å². The average Bonchev–Trinajstić information content (AvgIpc) is 2.30. The van der Waals surface area contributed by atoms with Crippen LogP contribution >= 0.6 is 0 Å². The van der Waals surface area contributed by atoms with Gasteiger partial charge in [0.15, 0.2) is 0 Å². The number of carbonyl (C=O) groups excluding carboxylic acids is 1. The van der Waals surface area contributed by atoms with Gasteiger partial charge in [-0.3, -0.25) is 4.79 Å². The molecule has 1 rings (SSSR count). The van der Waals surface area contributed by atoms with Crippen molar-refractivity contribution in [2.24, 2.45) is 5.92 Å². The van der Waals surface area contributed by atoms with Crippen molar-refractivity contribution < 1.29 is 9.18 Å². The molecule has 0 saturated carbocycles. The lowest BCUT2D eigenvalue weighted by Gasteiger charge is -2.19. The van der Waals surface area contributed by atoms with E-state index in [1.165, 1.54) is 23.1 Å². The van der Waals surface area contributed by atoms with E-state index in [1.807, 2.05) is 6.07 Å². The van der Waals surface area contributed by atoms with E-state index in [0.29, 0.717) is 11.1 Å². The van der Waals surface area contributed by atoms with Crippen LogP contribution < -0.4 is 0 Å². The normalized spacial score (nSPS) is 10.1. The largest absolute Gasteiger partial charge is 0.341 e. The number of hydrogen-bond acceptors (Lipinski definition) is 2. The van der Waals surface area contributed by atoms with Crippen LogP contribution in [0.25, 0.3) is 0 Å². The molecular weight excluding hydrogens is 219 g/mol. The molecule has 3 nitrogen and oxygen atoms in total. The van der Waals surface area contributed by atoms with Gasteiger partial charge in [0.1, 0.15) is 5.82 Å². The molecule has 0 N–H and O–H groups in total. The Hall–Kier alpha value is -1.89. The fourth-order valence-electron chi connectivity index (χ4n) is 1.54. The second-order valence-electron chi connectivity index (χ2n) is 4.27. The predicted molar refractivity (Wildman–Crippen MR) is 62.4 cm³/mol. The molecule has 0 radical (unpaired) electrons. The first kappa shape index (κ1) is 13.2. The van der Waals surface area contributed by atoms with Crippen LogP contribution in [0.1, 0.15) is 25.0 Å². The first-order chi connectivity index (χ1) is 7.95. The third-order valence-electron chi connectivity index (χ3n) is 2.45. The number of halogens is 1. The standard InChI is InChI=1S/C13H15FN2O/c1-9(2)13(17)16(3)8-11-6-10(7-15)4-5-12(11)14/h4-6,9H,8H2,1-3H3. The maximum Gasteiger partial charge on any atom is 0.225 e. The van der Waals surface area contributed by atoms with Crippen LogP contribution in [0, 0.1) is 23.1 Å². The van der Waals surface area contributed by atoms with Crippen molar-refractivity contribution >= 4 is 5.91 Å². The van der Waals surface area contributed by atoms with Gasteiger partial charge in [-0.25, -0.2) is 4.39 Å². The zero-order chi connectivity index (χ0) is 13.0. The fourth-order valence-corrected chi connectivity index (χ4v) is 1.54. The van der Waals surface area contributed by atoms with Crippen molar-refractivity contribution in [2.75, 3.05) is 7.05 Å². The minimum atomic E-state index is -0.396. The number of carbonyl (C=O) groups is 1. The number of nitrogens with zero attached hydrogens (tertiary/aromatic N) is 2. The van der Waals surface area contributed by atoms with Crippen LogP contribution in [0.4, 0.5) is 4.39 Å². The van der Waals surface area contributed by atoms with Crippen LogP contribution in [0.5, 0.6) is 0 Å². The van der Waals surface area contributed by atoms with Crippen LogP contribution in [-0.2, 0) is 11.3 Å². The van der Waals surface area contributed by atoms with Gasteiger partial charge in [-0.1, -0.05) is 13.8 Å². The molecule has 4 heteroatoms. The average molecular weight is 234 g/mol. The number of rotatable bonds is 3. The highest BCUT2D eigenvalue weighted by Gasteiger charge is 2.15. The molecule has 0 aliphatic rings. The summed E-state index contributed by atoms with van der Waals surface area (Å²) in [5, 5.41) is 8.73. The number of hydrogen-bond donors (Lipinski definition) is 0. The zero-order valence-corrected chi connectivity index (χ0v) is 10.2. The summed E-state index contributed by atoms with van der Waals surface area (Å²) >= 11 is 0. The Balaban J connectivity index is 2.88. The third-order valence-corrected chi connectivity index (χ3v) is 2.45. The molecule has 0 aliphatic carbocycles. The molecular formula is C13H15FN2O. The summed E-state index contributed by atoms with van der Waals surface area (Å²) in [7, 11) is 1.63. The molecule has 1 aromatic carbocycles. The Kier molecular flexibility index (Phi) is 4.22. The minimum Gasteiger partial charge on any atom is -0.341 e. The highest BCUT2D eigenvalue weighted by molar-refractivity contribution is 5.77. The zero-order valence-electron chi connectivity index (χ0n) is 10.2. The Morgan fingerprint density at radius 3 is 2.71 bits per heavy atom. The summed E-state index contributed by atoms with van der Waals surface area (Å²) in [6.45, 7) is 3.76. The maximum atomic E-state index is 13.5. The van der Waals surface area contributed by atoms with Crippen LogP contribution in [0.2, 0.25) is 0 Å². The highest BCUT2D eigenvalue weighted by Crippen LogP contribution is 2.13. The van der Waals surface area contributed by atoms with E-state index in [1.54, 1.807) is 20.9 Å². The van der Waals surface area contributed by atoms with Gasteiger partial charge in [-0.15, -0.1) is 0 Å². The van der Waals surface area contributed by atoms with Gasteiger partial charge in [0, 0.05) is 25.1 Å². The van der Waals surface area contributed by atoms with Crippen molar-refractivity contribution in [1.29, 1.82) is 5.26 Å². The molecule has 90 valence electrons. The van der Waals surface area contributed by atoms with E-state index >= 15 is 0 Å². The maximum absolute atomic E-state index is 13.5. The summed E-state index contributed by atoms with van der Waals surface area (Å²) in [4.78, 5) is 13.1. The molecule has 0 fully saturated rings. The van der Waals surface area contributed by atoms with E-state index in [2.05, 4.69) is 0 Å². The van der Waals surface area contributed by atoms with Crippen molar-refractivity contribution in [3.63, 3.8) is 0 Å². The molecule has 0 aromatic heterocycles. The van der Waals surface area contributed by atoms with Crippen molar-refractivity contribution in [2.45, 2.75) is 20.4 Å². The Bertz CT molecular complexity index is 463. The topological polar surface area (TPSA) is 44.1 Å². The lowest BCUT2D eigenvalue weighted by Crippen LogP contribution is -2.30. The second-order valence-corrected chi connectivity index (χ2v) is 4.27. The SMILES string of the molecule is CC(C)C(=O)N(C)Cc1cc(C#N)ccc1F. The van der Waals surface area contributed by atoms with Gasteiger partial charge < -0.3 is 4.90 Å². The van der Waals surface area contributed by atoms with Gasteiger partial charge >= 0.3 is 0 Å². The molecule has 0 spiro atoms. The van der Waals surface area contributed by atoms with Crippen LogP contribution in [0.3, 0.4) is 0 Å². The van der Waals surface area contributed by atoms with Gasteiger partial charge in [0.2, 0.25) is 5.91 Å². The number of benzene rings is 1. The second kappa shape index (κ2) is 5.44. The molecule has 0 aliphatic heterocycles. The molecule has 0 saturated heterocycles. The van der Waals surface area contributed by atoms with Crippen molar-refractivity contribution in [3.05, 3.63) is 35.1 Å². The molecule has 0 unspecified atom stereocenters. The minimum absolute atomic E-state index is 0.0493. The van der Waals surface area contributed by atoms with Crippen molar-refractivity contribution in [3.8, 4) is 6.07 Å². The summed E-state index contributed by atoms with van der Waals surface area (Å²) in [6.07, 6.45) is 0. The van der Waals surface area contributed by atoms with E-state index in [9.17, 15) is 9.18 Å². The van der Waals surface area contributed by atoms with Crippen LogP contribution in [0.15, 0.2) is 18.2 Å². The van der Waals surface area contributed by atoms with Gasteiger partial charge in [0.05, 0.1) is 11.6 Å². The fraction of sp³-hybridized carbons (Fsp3) is 0.385. The molecule has 0 bridgehead atoms.